The molecule has 0 fully saturated rings. The second-order valence-corrected chi connectivity index (χ2v) is 7.05. The second kappa shape index (κ2) is 7.54. The predicted molar refractivity (Wildman–Crippen MR) is 117 cm³/mol. The van der Waals surface area contributed by atoms with E-state index in [1.165, 1.54) is 18.2 Å². The minimum atomic E-state index is -1.89. The molecular formula is C24H15BF2O4. The molecule has 6 rings (SSSR count). The fourth-order valence-corrected chi connectivity index (χ4v) is 3.73. The monoisotopic (exact) mass is 416 g/mol. The zero-order chi connectivity index (χ0) is 21.5. The summed E-state index contributed by atoms with van der Waals surface area (Å²) in [6, 6.07) is 22.3. The van der Waals surface area contributed by atoms with Gasteiger partial charge >= 0.3 is 7.12 Å². The summed E-state index contributed by atoms with van der Waals surface area (Å²) in [5.41, 5.74) is 1.95. The Bertz CT molecular complexity index is 1550. The van der Waals surface area contributed by atoms with Gasteiger partial charge in [-0.2, -0.15) is 0 Å². The van der Waals surface area contributed by atoms with E-state index in [0.717, 1.165) is 21.7 Å². The third kappa shape index (κ3) is 3.34. The maximum absolute atomic E-state index is 13.5. The zero-order valence-corrected chi connectivity index (χ0v) is 16.0. The summed E-state index contributed by atoms with van der Waals surface area (Å²) >= 11 is 0. The first-order valence-corrected chi connectivity index (χ1v) is 9.55. The molecule has 2 N–H and O–H groups in total. The van der Waals surface area contributed by atoms with E-state index in [2.05, 4.69) is 0 Å². The molecular weight excluding hydrogens is 401 g/mol. The fraction of sp³-hybridized carbons (Fsp3) is 0. The van der Waals surface area contributed by atoms with E-state index in [-0.39, 0.29) is 16.9 Å². The Morgan fingerprint density at radius 1 is 0.613 bits per heavy atom. The van der Waals surface area contributed by atoms with Gasteiger partial charge in [-0.25, -0.2) is 8.78 Å². The summed E-state index contributed by atoms with van der Waals surface area (Å²) in [5, 5.41) is 21.9. The molecule has 0 saturated heterocycles. The fourth-order valence-electron chi connectivity index (χ4n) is 3.73. The Kier molecular flexibility index (Phi) is 4.69. The maximum Gasteiger partial charge on any atom is 0.495 e. The number of fused-ring (bicyclic) bond motifs is 6. The SMILES string of the molecule is Fc1ccc2c(c1)oc1ccccc12.OB(O)c1c(F)ccc2c1oc1ccccc12. The highest BCUT2D eigenvalue weighted by atomic mass is 19.1. The number of hydrogen-bond donors (Lipinski definition) is 2. The van der Waals surface area contributed by atoms with Crippen LogP contribution in [0.4, 0.5) is 8.78 Å². The molecule has 0 aliphatic carbocycles. The van der Waals surface area contributed by atoms with Gasteiger partial charge in [0.05, 0.1) is 5.46 Å². The van der Waals surface area contributed by atoms with Gasteiger partial charge in [-0.05, 0) is 36.4 Å². The molecule has 0 aliphatic heterocycles. The smallest absolute Gasteiger partial charge is 0.456 e. The van der Waals surface area contributed by atoms with Crippen LogP contribution in [-0.4, -0.2) is 17.2 Å². The first-order chi connectivity index (χ1) is 15.0. The van der Waals surface area contributed by atoms with Gasteiger partial charge < -0.3 is 18.9 Å². The van der Waals surface area contributed by atoms with E-state index in [1.54, 1.807) is 24.3 Å². The zero-order valence-electron chi connectivity index (χ0n) is 16.0. The lowest BCUT2D eigenvalue weighted by molar-refractivity contribution is 0.423. The second-order valence-electron chi connectivity index (χ2n) is 7.05. The molecule has 6 aromatic rings. The number of furan rings is 2. The van der Waals surface area contributed by atoms with E-state index in [9.17, 15) is 18.8 Å². The van der Waals surface area contributed by atoms with Crippen molar-refractivity contribution in [2.45, 2.75) is 0 Å². The summed E-state index contributed by atoms with van der Waals surface area (Å²) in [6.45, 7) is 0. The minimum absolute atomic E-state index is 0.182. The summed E-state index contributed by atoms with van der Waals surface area (Å²) in [4.78, 5) is 0. The van der Waals surface area contributed by atoms with Crippen LogP contribution < -0.4 is 5.46 Å². The van der Waals surface area contributed by atoms with Crippen molar-refractivity contribution in [1.82, 2.24) is 0 Å². The molecule has 0 saturated carbocycles. The molecule has 0 radical (unpaired) electrons. The average Bonchev–Trinajstić information content (AvgIpc) is 3.31. The largest absolute Gasteiger partial charge is 0.495 e. The Balaban J connectivity index is 0.000000134. The minimum Gasteiger partial charge on any atom is -0.456 e. The third-order valence-electron chi connectivity index (χ3n) is 5.13. The molecule has 4 nitrogen and oxygen atoms in total. The highest BCUT2D eigenvalue weighted by Crippen LogP contribution is 2.29. The quantitative estimate of drug-likeness (QED) is 0.365. The summed E-state index contributed by atoms with van der Waals surface area (Å²) < 4.78 is 37.4. The lowest BCUT2D eigenvalue weighted by atomic mass is 9.79. The van der Waals surface area contributed by atoms with Gasteiger partial charge in [0.25, 0.3) is 0 Å². The summed E-state index contributed by atoms with van der Waals surface area (Å²) in [7, 11) is -1.89. The normalized spacial score (nSPS) is 11.2. The topological polar surface area (TPSA) is 66.7 Å². The Morgan fingerprint density at radius 2 is 1.19 bits per heavy atom. The molecule has 2 aromatic heterocycles. The first kappa shape index (κ1) is 19.3. The Labute approximate surface area is 175 Å². The van der Waals surface area contributed by atoms with Crippen LogP contribution in [0.3, 0.4) is 0 Å². The van der Waals surface area contributed by atoms with Crippen LogP contribution in [-0.2, 0) is 0 Å². The average molecular weight is 416 g/mol. The molecule has 0 bridgehead atoms. The highest BCUT2D eigenvalue weighted by Gasteiger charge is 2.23. The van der Waals surface area contributed by atoms with Gasteiger partial charge in [-0.3, -0.25) is 0 Å². The molecule has 0 spiro atoms. The van der Waals surface area contributed by atoms with Crippen molar-refractivity contribution in [3.05, 3.63) is 90.5 Å². The molecule has 2 heterocycles. The van der Waals surface area contributed by atoms with E-state index in [1.807, 2.05) is 36.4 Å². The number of benzene rings is 4. The van der Waals surface area contributed by atoms with Gasteiger partial charge in [0.1, 0.15) is 34.0 Å². The van der Waals surface area contributed by atoms with Gasteiger partial charge in [0, 0.05) is 27.6 Å². The molecule has 0 amide bonds. The van der Waals surface area contributed by atoms with Crippen molar-refractivity contribution in [3.63, 3.8) is 0 Å². The van der Waals surface area contributed by atoms with E-state index < -0.39 is 12.9 Å². The number of halogens is 2. The Morgan fingerprint density at radius 3 is 1.90 bits per heavy atom. The van der Waals surface area contributed by atoms with Crippen molar-refractivity contribution in [2.75, 3.05) is 0 Å². The van der Waals surface area contributed by atoms with E-state index >= 15 is 0 Å². The number of rotatable bonds is 1. The van der Waals surface area contributed by atoms with Crippen molar-refractivity contribution in [1.29, 1.82) is 0 Å². The molecule has 0 atom stereocenters. The predicted octanol–water partition coefficient (Wildman–Crippen LogP) is 5.13. The number of hydrogen-bond acceptors (Lipinski definition) is 4. The van der Waals surface area contributed by atoms with Crippen LogP contribution >= 0.6 is 0 Å². The standard InChI is InChI=1S/C12H8BFO3.C12H7FO/c14-9-6-5-8-7-3-1-2-4-10(7)17-12(8)11(9)13(15)16;13-8-5-6-10-9-3-1-2-4-11(9)14-12(10)7-8/h1-6,15-16H;1-7H. The molecule has 31 heavy (non-hydrogen) atoms. The van der Waals surface area contributed by atoms with Crippen molar-refractivity contribution in [2.24, 2.45) is 0 Å². The van der Waals surface area contributed by atoms with Crippen LogP contribution in [0.15, 0.2) is 87.7 Å². The van der Waals surface area contributed by atoms with Crippen LogP contribution in [0, 0.1) is 11.6 Å². The van der Waals surface area contributed by atoms with Gasteiger partial charge in [-0.15, -0.1) is 0 Å². The van der Waals surface area contributed by atoms with Crippen molar-refractivity contribution in [3.8, 4) is 0 Å². The number of para-hydroxylation sites is 2. The Hall–Kier alpha value is -3.68. The van der Waals surface area contributed by atoms with Crippen LogP contribution in [0.2, 0.25) is 0 Å². The lowest BCUT2D eigenvalue weighted by Gasteiger charge is -2.01. The lowest BCUT2D eigenvalue weighted by Crippen LogP contribution is -2.33. The molecule has 7 heteroatoms. The van der Waals surface area contributed by atoms with E-state index in [4.69, 9.17) is 8.83 Å². The van der Waals surface area contributed by atoms with Crippen molar-refractivity contribution < 1.29 is 27.7 Å². The molecule has 0 aliphatic rings. The molecule has 4 aromatic carbocycles. The van der Waals surface area contributed by atoms with Gasteiger partial charge in [0.2, 0.25) is 0 Å². The van der Waals surface area contributed by atoms with Gasteiger partial charge in [0.15, 0.2) is 0 Å². The van der Waals surface area contributed by atoms with E-state index in [0.29, 0.717) is 16.6 Å². The molecule has 152 valence electrons. The van der Waals surface area contributed by atoms with Crippen molar-refractivity contribution >= 4 is 56.5 Å². The molecule has 0 unspecified atom stereocenters. The third-order valence-corrected chi connectivity index (χ3v) is 5.13. The maximum atomic E-state index is 13.5. The van der Waals surface area contributed by atoms with Gasteiger partial charge in [-0.1, -0.05) is 36.4 Å². The first-order valence-electron chi connectivity index (χ1n) is 9.55. The van der Waals surface area contributed by atoms with Crippen LogP contribution in [0.1, 0.15) is 0 Å². The summed E-state index contributed by atoms with van der Waals surface area (Å²) in [6.07, 6.45) is 0. The van der Waals surface area contributed by atoms with Crippen LogP contribution in [0.5, 0.6) is 0 Å². The summed E-state index contributed by atoms with van der Waals surface area (Å²) in [5.74, 6) is -0.955. The highest BCUT2D eigenvalue weighted by molar-refractivity contribution is 6.62. The van der Waals surface area contributed by atoms with Crippen LogP contribution in [0.25, 0.3) is 43.9 Å².